The van der Waals surface area contributed by atoms with Gasteiger partial charge in [-0.25, -0.2) is 14.2 Å². The first kappa shape index (κ1) is 23.3. The van der Waals surface area contributed by atoms with Gasteiger partial charge in [0, 0.05) is 25.0 Å². The number of methoxy groups -OCH3 is 1. The van der Waals surface area contributed by atoms with E-state index in [1.54, 1.807) is 18.2 Å². The number of nitrogens with zero attached hydrogens (tertiary/aromatic N) is 2. The summed E-state index contributed by atoms with van der Waals surface area (Å²) in [4.78, 5) is 32.6. The van der Waals surface area contributed by atoms with Gasteiger partial charge in [0.2, 0.25) is 5.91 Å². The van der Waals surface area contributed by atoms with Gasteiger partial charge in [-0.1, -0.05) is 30.4 Å². The maximum atomic E-state index is 13.9. The van der Waals surface area contributed by atoms with E-state index in [0.717, 1.165) is 17.0 Å². The number of ether oxygens (including phenoxy) is 1. The van der Waals surface area contributed by atoms with E-state index in [1.165, 1.54) is 13.2 Å². The first-order chi connectivity index (χ1) is 15.5. The predicted octanol–water partition coefficient (Wildman–Crippen LogP) is 4.58. The van der Waals surface area contributed by atoms with E-state index < -0.39 is 17.7 Å². The van der Waals surface area contributed by atoms with E-state index in [4.69, 9.17) is 4.74 Å². The van der Waals surface area contributed by atoms with Crippen molar-refractivity contribution in [1.82, 2.24) is 9.88 Å². The summed E-state index contributed by atoms with van der Waals surface area (Å²) >= 11 is 1.14. The molecule has 0 radical (unpaired) electrons. The van der Waals surface area contributed by atoms with Crippen LogP contribution in [0.2, 0.25) is 0 Å². The van der Waals surface area contributed by atoms with E-state index >= 15 is 0 Å². The average molecular weight is 454 g/mol. The van der Waals surface area contributed by atoms with Gasteiger partial charge in [-0.05, 0) is 23.8 Å². The van der Waals surface area contributed by atoms with E-state index in [9.17, 15) is 14.0 Å². The minimum atomic E-state index is -0.573. The van der Waals surface area contributed by atoms with Crippen LogP contribution in [0.5, 0.6) is 0 Å². The van der Waals surface area contributed by atoms with Crippen LogP contribution in [0.15, 0.2) is 61.7 Å². The second-order valence-corrected chi connectivity index (χ2v) is 8.04. The minimum Gasteiger partial charge on any atom is -0.465 e. The molecule has 3 rings (SSSR count). The Labute approximate surface area is 190 Å². The number of halogens is 1. The van der Waals surface area contributed by atoms with E-state index in [0.29, 0.717) is 35.5 Å². The summed E-state index contributed by atoms with van der Waals surface area (Å²) in [5.74, 6) is -1.47. The zero-order chi connectivity index (χ0) is 23.1. The van der Waals surface area contributed by atoms with Gasteiger partial charge in [0.05, 0.1) is 24.9 Å². The number of hydrogen-bond donors (Lipinski definition) is 1. The fraction of sp³-hybridized carbons (Fsp3) is 0.208. The lowest BCUT2D eigenvalue weighted by molar-refractivity contribution is -0.115. The Morgan fingerprint density at radius 2 is 1.91 bits per heavy atom. The fourth-order valence-electron chi connectivity index (χ4n) is 3.26. The number of carbonyl (C=O) groups excluding carboxylic acids is 2. The largest absolute Gasteiger partial charge is 0.465 e. The second-order valence-electron chi connectivity index (χ2n) is 7.04. The summed E-state index contributed by atoms with van der Waals surface area (Å²) in [6.45, 7) is 9.48. The smallest absolute Gasteiger partial charge is 0.350 e. The van der Waals surface area contributed by atoms with Gasteiger partial charge in [0.1, 0.15) is 15.5 Å². The molecule has 0 aliphatic heterocycles. The van der Waals surface area contributed by atoms with Gasteiger partial charge in [-0.3, -0.25) is 9.69 Å². The lowest BCUT2D eigenvalue weighted by Gasteiger charge is -2.18. The number of aromatic nitrogens is 1. The Hall–Kier alpha value is -3.36. The zero-order valence-electron chi connectivity index (χ0n) is 17.8. The van der Waals surface area contributed by atoms with Crippen molar-refractivity contribution in [1.29, 1.82) is 0 Å². The number of fused-ring (bicyclic) bond motifs is 1. The van der Waals surface area contributed by atoms with Gasteiger partial charge in [0.15, 0.2) is 0 Å². The Morgan fingerprint density at radius 3 is 2.56 bits per heavy atom. The molecular formula is C24H24FN3O3S. The zero-order valence-corrected chi connectivity index (χ0v) is 18.6. The van der Waals surface area contributed by atoms with Crippen molar-refractivity contribution in [3.63, 3.8) is 0 Å². The van der Waals surface area contributed by atoms with E-state index in [-0.39, 0.29) is 16.9 Å². The van der Waals surface area contributed by atoms with Crippen molar-refractivity contribution >= 4 is 39.1 Å². The number of esters is 1. The number of rotatable bonds is 10. The topological polar surface area (TPSA) is 71.5 Å². The number of thiophene rings is 1. The van der Waals surface area contributed by atoms with Crippen molar-refractivity contribution in [2.24, 2.45) is 0 Å². The molecule has 2 heterocycles. The van der Waals surface area contributed by atoms with Gasteiger partial charge in [0.25, 0.3) is 0 Å². The number of pyridine rings is 1. The number of carbonyl (C=O) groups is 2. The first-order valence-corrected chi connectivity index (χ1v) is 10.8. The van der Waals surface area contributed by atoms with Crippen LogP contribution in [0.25, 0.3) is 10.2 Å². The summed E-state index contributed by atoms with van der Waals surface area (Å²) in [6.07, 6.45) is 3.46. The highest BCUT2D eigenvalue weighted by atomic mass is 32.1. The number of anilines is 1. The molecule has 1 amide bonds. The molecule has 1 aromatic carbocycles. The molecule has 166 valence electrons. The summed E-state index contributed by atoms with van der Waals surface area (Å²) in [6, 6.07) is 9.75. The van der Waals surface area contributed by atoms with Crippen molar-refractivity contribution in [2.45, 2.75) is 13.0 Å². The maximum Gasteiger partial charge on any atom is 0.350 e. The SMILES string of the molecule is C=CCN(CC=C)Cc1ccc2c(NC(=O)Cc3ccccc3F)c(C(=O)OC)sc2n1. The third-order valence-corrected chi connectivity index (χ3v) is 5.80. The predicted molar refractivity (Wildman–Crippen MR) is 125 cm³/mol. The van der Waals surface area contributed by atoms with Crippen LogP contribution in [-0.2, 0) is 22.5 Å². The molecule has 0 bridgehead atoms. The van der Waals surface area contributed by atoms with Gasteiger partial charge in [-0.15, -0.1) is 24.5 Å². The molecule has 3 aromatic rings. The van der Waals surface area contributed by atoms with Crippen LogP contribution in [0.4, 0.5) is 10.1 Å². The fourth-order valence-corrected chi connectivity index (χ4v) is 4.33. The molecule has 0 fully saturated rings. The standard InChI is InChI=1S/C24H24FN3O3S/c1-4-12-28(13-5-2)15-17-10-11-18-21(22(24(30)31-3)32-23(18)26-17)27-20(29)14-16-8-6-7-9-19(16)25/h4-11H,1-2,12-15H2,3H3,(H,27,29). The maximum absolute atomic E-state index is 13.9. The summed E-state index contributed by atoms with van der Waals surface area (Å²) < 4.78 is 18.8. The highest BCUT2D eigenvalue weighted by Gasteiger charge is 2.22. The van der Waals surface area contributed by atoms with Crippen LogP contribution >= 0.6 is 11.3 Å². The van der Waals surface area contributed by atoms with Gasteiger partial charge in [-0.2, -0.15) is 0 Å². The quantitative estimate of drug-likeness (QED) is 0.359. The minimum absolute atomic E-state index is 0.159. The number of benzene rings is 1. The Balaban J connectivity index is 1.91. The van der Waals surface area contributed by atoms with Crippen molar-refractivity contribution in [2.75, 3.05) is 25.5 Å². The molecule has 0 saturated heterocycles. The van der Waals surface area contributed by atoms with Crippen LogP contribution < -0.4 is 5.32 Å². The third-order valence-electron chi connectivity index (χ3n) is 4.72. The monoisotopic (exact) mass is 453 g/mol. The molecule has 0 atom stereocenters. The Morgan fingerprint density at radius 1 is 1.19 bits per heavy atom. The highest BCUT2D eigenvalue weighted by Crippen LogP contribution is 2.35. The number of hydrogen-bond acceptors (Lipinski definition) is 6. The van der Waals surface area contributed by atoms with Crippen LogP contribution in [-0.4, -0.2) is 42.0 Å². The van der Waals surface area contributed by atoms with Crippen molar-refractivity contribution in [3.05, 3.63) is 83.7 Å². The van der Waals surface area contributed by atoms with E-state index in [2.05, 4.69) is 28.4 Å². The molecule has 6 nitrogen and oxygen atoms in total. The average Bonchev–Trinajstić information content (AvgIpc) is 3.12. The van der Waals surface area contributed by atoms with Gasteiger partial charge >= 0.3 is 5.97 Å². The first-order valence-electron chi connectivity index (χ1n) is 9.95. The summed E-state index contributed by atoms with van der Waals surface area (Å²) in [5.41, 5.74) is 1.41. The third kappa shape index (κ3) is 5.46. The van der Waals surface area contributed by atoms with Crippen LogP contribution in [0.1, 0.15) is 20.9 Å². The van der Waals surface area contributed by atoms with Gasteiger partial charge < -0.3 is 10.1 Å². The lowest BCUT2D eigenvalue weighted by atomic mass is 10.1. The van der Waals surface area contributed by atoms with Crippen LogP contribution in [0, 0.1) is 5.82 Å². The summed E-state index contributed by atoms with van der Waals surface area (Å²) in [5, 5.41) is 3.38. The molecule has 0 spiro atoms. The molecular weight excluding hydrogens is 429 g/mol. The lowest BCUT2D eigenvalue weighted by Crippen LogP contribution is -2.23. The van der Waals surface area contributed by atoms with Crippen molar-refractivity contribution < 1.29 is 18.7 Å². The molecule has 8 heteroatoms. The molecule has 0 aliphatic rings. The molecule has 2 aromatic heterocycles. The summed E-state index contributed by atoms with van der Waals surface area (Å²) in [7, 11) is 1.28. The number of nitrogens with one attached hydrogen (secondary N) is 1. The molecule has 0 saturated carbocycles. The Kier molecular flexibility index (Phi) is 7.86. The molecule has 1 N–H and O–H groups in total. The Bertz CT molecular complexity index is 1150. The second kappa shape index (κ2) is 10.8. The van der Waals surface area contributed by atoms with Crippen molar-refractivity contribution in [3.8, 4) is 0 Å². The molecule has 0 aliphatic carbocycles. The molecule has 32 heavy (non-hydrogen) atoms. The normalized spacial score (nSPS) is 10.8. The number of amides is 1. The van der Waals surface area contributed by atoms with Crippen LogP contribution in [0.3, 0.4) is 0 Å². The van der Waals surface area contributed by atoms with E-state index in [1.807, 2.05) is 24.3 Å². The highest BCUT2D eigenvalue weighted by molar-refractivity contribution is 7.21. The molecule has 0 unspecified atom stereocenters.